The van der Waals surface area contributed by atoms with Crippen LogP contribution in [0.2, 0.25) is 0 Å². The second-order valence-electron chi connectivity index (χ2n) is 3.44. The van der Waals surface area contributed by atoms with E-state index in [0.29, 0.717) is 5.56 Å². The minimum absolute atomic E-state index is 0.0247. The Morgan fingerprint density at radius 1 is 1.53 bits per heavy atom. The number of benzene rings is 1. The largest absolute Gasteiger partial charge is 0.381 e. The van der Waals surface area contributed by atoms with E-state index in [1.165, 1.54) is 0 Å². The molecule has 0 fully saturated rings. The standard InChI is InChI=1S/C10H8FN3O3/c1-5-9(17-13-10(5)12)7-4-6(11)2-3-8(7)14(15)16/h2-4H,1H3,(H2,12,13). The van der Waals surface area contributed by atoms with Gasteiger partial charge in [0.25, 0.3) is 5.69 Å². The SMILES string of the molecule is Cc1c(N)noc1-c1cc(F)ccc1[N+](=O)[O-]. The van der Waals surface area contributed by atoms with Gasteiger partial charge in [-0.15, -0.1) is 0 Å². The fourth-order valence-corrected chi connectivity index (χ4v) is 1.45. The average molecular weight is 237 g/mol. The zero-order valence-corrected chi connectivity index (χ0v) is 8.81. The van der Waals surface area contributed by atoms with Gasteiger partial charge in [0.1, 0.15) is 11.4 Å². The molecule has 0 radical (unpaired) electrons. The van der Waals surface area contributed by atoms with E-state index in [2.05, 4.69) is 5.16 Å². The third-order valence-electron chi connectivity index (χ3n) is 2.36. The van der Waals surface area contributed by atoms with Gasteiger partial charge in [0, 0.05) is 11.6 Å². The van der Waals surface area contributed by atoms with Crippen molar-refractivity contribution in [2.45, 2.75) is 6.92 Å². The molecule has 17 heavy (non-hydrogen) atoms. The number of hydrogen-bond donors (Lipinski definition) is 1. The number of aromatic nitrogens is 1. The molecule has 0 unspecified atom stereocenters. The Hall–Kier alpha value is -2.44. The Morgan fingerprint density at radius 2 is 2.24 bits per heavy atom. The summed E-state index contributed by atoms with van der Waals surface area (Å²) in [6, 6.07) is 3.10. The molecule has 1 aromatic heterocycles. The number of rotatable bonds is 2. The number of nitro groups is 1. The van der Waals surface area contributed by atoms with E-state index in [1.807, 2.05) is 0 Å². The number of halogens is 1. The maximum absolute atomic E-state index is 13.1. The van der Waals surface area contributed by atoms with Crippen LogP contribution in [0.5, 0.6) is 0 Å². The van der Waals surface area contributed by atoms with Crippen LogP contribution in [0.15, 0.2) is 22.7 Å². The summed E-state index contributed by atoms with van der Waals surface area (Å²) in [7, 11) is 0. The molecule has 0 aliphatic rings. The van der Waals surface area contributed by atoms with Crippen molar-refractivity contribution in [3.05, 3.63) is 39.7 Å². The second kappa shape index (κ2) is 3.85. The van der Waals surface area contributed by atoms with E-state index in [9.17, 15) is 14.5 Å². The van der Waals surface area contributed by atoms with Crippen LogP contribution in [0.4, 0.5) is 15.9 Å². The van der Waals surface area contributed by atoms with Gasteiger partial charge in [0.15, 0.2) is 11.6 Å². The summed E-state index contributed by atoms with van der Waals surface area (Å²) in [5, 5.41) is 14.3. The highest BCUT2D eigenvalue weighted by Crippen LogP contribution is 2.34. The Labute approximate surface area is 95.0 Å². The molecule has 0 atom stereocenters. The number of hydrogen-bond acceptors (Lipinski definition) is 5. The summed E-state index contributed by atoms with van der Waals surface area (Å²) < 4.78 is 18.0. The lowest BCUT2D eigenvalue weighted by Crippen LogP contribution is -1.93. The summed E-state index contributed by atoms with van der Waals surface area (Å²) in [5.41, 5.74) is 5.68. The molecule has 0 aliphatic heterocycles. The number of nitrogens with two attached hydrogens (primary N) is 1. The zero-order valence-electron chi connectivity index (χ0n) is 8.81. The summed E-state index contributed by atoms with van der Waals surface area (Å²) in [4.78, 5) is 10.2. The van der Waals surface area contributed by atoms with Crippen molar-refractivity contribution in [2.24, 2.45) is 0 Å². The smallest absolute Gasteiger partial charge is 0.280 e. The fourth-order valence-electron chi connectivity index (χ4n) is 1.45. The van der Waals surface area contributed by atoms with E-state index >= 15 is 0 Å². The Kier molecular flexibility index (Phi) is 2.51. The predicted molar refractivity (Wildman–Crippen MR) is 57.7 cm³/mol. The molecule has 1 aromatic carbocycles. The quantitative estimate of drug-likeness (QED) is 0.638. The lowest BCUT2D eigenvalue weighted by atomic mass is 10.1. The van der Waals surface area contributed by atoms with Crippen molar-refractivity contribution in [3.8, 4) is 11.3 Å². The molecule has 0 spiro atoms. The van der Waals surface area contributed by atoms with Crippen LogP contribution in [0.25, 0.3) is 11.3 Å². The van der Waals surface area contributed by atoms with Crippen molar-refractivity contribution < 1.29 is 13.8 Å². The maximum atomic E-state index is 13.1. The Bertz CT molecular complexity index is 594. The molecule has 2 N–H and O–H groups in total. The predicted octanol–water partition coefficient (Wildman–Crippen LogP) is 2.28. The summed E-state index contributed by atoms with van der Waals surface area (Å²) in [6.07, 6.45) is 0. The molecule has 88 valence electrons. The van der Waals surface area contributed by atoms with Crippen LogP contribution in [-0.2, 0) is 0 Å². The highest BCUT2D eigenvalue weighted by atomic mass is 19.1. The first-order valence-electron chi connectivity index (χ1n) is 4.66. The lowest BCUT2D eigenvalue weighted by Gasteiger charge is -2.00. The van der Waals surface area contributed by atoms with Gasteiger partial charge in [-0.05, 0) is 19.1 Å². The number of nitro benzene ring substituents is 1. The van der Waals surface area contributed by atoms with E-state index < -0.39 is 10.7 Å². The summed E-state index contributed by atoms with van der Waals surface area (Å²) >= 11 is 0. The first kappa shape index (κ1) is 11.1. The van der Waals surface area contributed by atoms with Crippen molar-refractivity contribution >= 4 is 11.5 Å². The van der Waals surface area contributed by atoms with Gasteiger partial charge < -0.3 is 10.3 Å². The van der Waals surface area contributed by atoms with E-state index in [4.69, 9.17) is 10.3 Å². The van der Waals surface area contributed by atoms with Crippen molar-refractivity contribution in [3.63, 3.8) is 0 Å². The van der Waals surface area contributed by atoms with Gasteiger partial charge in [0.05, 0.1) is 4.92 Å². The van der Waals surface area contributed by atoms with Crippen LogP contribution >= 0.6 is 0 Å². The minimum Gasteiger partial charge on any atom is -0.381 e. The normalized spacial score (nSPS) is 10.5. The van der Waals surface area contributed by atoms with Crippen LogP contribution < -0.4 is 5.73 Å². The Morgan fingerprint density at radius 3 is 2.76 bits per heavy atom. The molecule has 6 nitrogen and oxygen atoms in total. The third-order valence-corrected chi connectivity index (χ3v) is 2.36. The lowest BCUT2D eigenvalue weighted by molar-refractivity contribution is -0.384. The molecular weight excluding hydrogens is 229 g/mol. The van der Waals surface area contributed by atoms with Gasteiger partial charge in [-0.2, -0.15) is 0 Å². The van der Waals surface area contributed by atoms with Crippen molar-refractivity contribution in [1.82, 2.24) is 5.16 Å². The molecule has 2 aromatic rings. The molecule has 0 saturated carbocycles. The Balaban J connectivity index is 2.69. The van der Waals surface area contributed by atoms with Gasteiger partial charge in [-0.1, -0.05) is 5.16 Å². The highest BCUT2D eigenvalue weighted by Gasteiger charge is 2.22. The van der Waals surface area contributed by atoms with Crippen molar-refractivity contribution in [1.29, 1.82) is 0 Å². The van der Waals surface area contributed by atoms with Gasteiger partial charge in [0.2, 0.25) is 0 Å². The molecule has 0 saturated heterocycles. The third kappa shape index (κ3) is 1.82. The summed E-state index contributed by atoms with van der Waals surface area (Å²) in [5.74, 6) is -0.368. The highest BCUT2D eigenvalue weighted by molar-refractivity contribution is 5.74. The first-order chi connectivity index (χ1) is 8.00. The summed E-state index contributed by atoms with van der Waals surface area (Å²) in [6.45, 7) is 1.59. The van der Waals surface area contributed by atoms with Gasteiger partial charge in [-0.3, -0.25) is 10.1 Å². The van der Waals surface area contributed by atoms with E-state index in [-0.39, 0.29) is 22.8 Å². The molecule has 0 amide bonds. The van der Waals surface area contributed by atoms with Crippen LogP contribution in [0.3, 0.4) is 0 Å². The molecular formula is C10H8FN3O3. The van der Waals surface area contributed by atoms with E-state index in [0.717, 1.165) is 18.2 Å². The fraction of sp³-hybridized carbons (Fsp3) is 0.100. The van der Waals surface area contributed by atoms with Crippen LogP contribution in [0.1, 0.15) is 5.56 Å². The molecule has 1 heterocycles. The average Bonchev–Trinajstić information content (AvgIpc) is 2.59. The zero-order chi connectivity index (χ0) is 12.6. The van der Waals surface area contributed by atoms with Crippen molar-refractivity contribution in [2.75, 3.05) is 5.73 Å². The van der Waals surface area contributed by atoms with Gasteiger partial charge in [-0.25, -0.2) is 4.39 Å². The monoisotopic (exact) mass is 237 g/mol. The van der Waals surface area contributed by atoms with Crippen LogP contribution in [0, 0.1) is 22.9 Å². The van der Waals surface area contributed by atoms with E-state index in [1.54, 1.807) is 6.92 Å². The maximum Gasteiger partial charge on any atom is 0.280 e. The first-order valence-corrected chi connectivity index (χ1v) is 4.66. The second-order valence-corrected chi connectivity index (χ2v) is 3.44. The molecule has 0 aliphatic carbocycles. The number of anilines is 1. The number of nitrogens with zero attached hydrogens (tertiary/aromatic N) is 2. The molecule has 7 heteroatoms. The molecule has 2 rings (SSSR count). The van der Waals surface area contributed by atoms with Crippen LogP contribution in [-0.4, -0.2) is 10.1 Å². The topological polar surface area (TPSA) is 95.2 Å². The van der Waals surface area contributed by atoms with Gasteiger partial charge >= 0.3 is 0 Å². The minimum atomic E-state index is -0.618. The number of nitrogen functional groups attached to an aromatic ring is 1. The molecule has 0 bridgehead atoms.